The molecule has 0 aliphatic heterocycles. The highest BCUT2D eigenvalue weighted by atomic mass is 14.7. The number of rotatable bonds is 15. The number of hydrogen-bond acceptors (Lipinski definition) is 1. The summed E-state index contributed by atoms with van der Waals surface area (Å²) in [5, 5.41) is 0. The summed E-state index contributed by atoms with van der Waals surface area (Å²) in [4.78, 5) is 4.93. The molecule has 24 heavy (non-hydrogen) atoms. The van der Waals surface area contributed by atoms with E-state index < -0.39 is 0 Å². The lowest BCUT2D eigenvalue weighted by molar-refractivity contribution is 0.598. The third-order valence-electron chi connectivity index (χ3n) is 4.86. The van der Waals surface area contributed by atoms with Crippen molar-refractivity contribution < 1.29 is 0 Å². The molecule has 0 aliphatic rings. The van der Waals surface area contributed by atoms with Crippen molar-refractivity contribution in [1.82, 2.24) is 4.98 Å². The van der Waals surface area contributed by atoms with Crippen LogP contribution in [0.4, 0.5) is 0 Å². The van der Waals surface area contributed by atoms with Crippen LogP contribution in [0, 0.1) is 6.42 Å². The summed E-state index contributed by atoms with van der Waals surface area (Å²) in [5.74, 6) is 0. The Kier molecular flexibility index (Phi) is 12.8. The van der Waals surface area contributed by atoms with Crippen LogP contribution >= 0.6 is 0 Å². The number of nitrogens with zero attached hydrogens (tertiary/aromatic N) is 1. The van der Waals surface area contributed by atoms with Crippen LogP contribution in [0.1, 0.15) is 115 Å². The summed E-state index contributed by atoms with van der Waals surface area (Å²) in [5.41, 5.74) is 3.97. The molecule has 0 aromatic carbocycles. The van der Waals surface area contributed by atoms with Crippen LogP contribution < -0.4 is 0 Å². The van der Waals surface area contributed by atoms with Gasteiger partial charge in [-0.25, -0.2) is 0 Å². The van der Waals surface area contributed by atoms with Gasteiger partial charge in [-0.05, 0) is 49.8 Å². The highest BCUT2D eigenvalue weighted by molar-refractivity contribution is 5.27. The third kappa shape index (κ3) is 10.1. The SMILES string of the molecule is C[CH]c1cc(CCCCCCCC)nc(CCCCCCCC)c1. The van der Waals surface area contributed by atoms with Crippen LogP contribution in [0.25, 0.3) is 0 Å². The molecule has 1 rings (SSSR count). The number of aryl methyl sites for hydroxylation is 2. The van der Waals surface area contributed by atoms with Gasteiger partial charge in [0, 0.05) is 11.4 Å². The number of hydrogen-bond donors (Lipinski definition) is 0. The largest absolute Gasteiger partial charge is 0.258 e. The van der Waals surface area contributed by atoms with E-state index in [-0.39, 0.29) is 0 Å². The molecule has 1 aromatic rings. The Labute approximate surface area is 151 Å². The van der Waals surface area contributed by atoms with Gasteiger partial charge in [0.15, 0.2) is 0 Å². The van der Waals surface area contributed by atoms with Crippen LogP contribution in [0.2, 0.25) is 0 Å². The van der Waals surface area contributed by atoms with E-state index >= 15 is 0 Å². The van der Waals surface area contributed by atoms with E-state index in [9.17, 15) is 0 Å². The first kappa shape index (κ1) is 21.2. The molecule has 1 radical (unpaired) electrons. The van der Waals surface area contributed by atoms with E-state index in [1.54, 1.807) is 0 Å². The Morgan fingerprint density at radius 1 is 0.667 bits per heavy atom. The van der Waals surface area contributed by atoms with Gasteiger partial charge in [-0.1, -0.05) is 85.0 Å². The maximum absolute atomic E-state index is 4.93. The monoisotopic (exact) mass is 330 g/mol. The molecule has 0 atom stereocenters. The van der Waals surface area contributed by atoms with Crippen molar-refractivity contribution in [2.24, 2.45) is 0 Å². The maximum atomic E-state index is 4.93. The molecule has 0 bridgehead atoms. The van der Waals surface area contributed by atoms with Gasteiger partial charge in [0.25, 0.3) is 0 Å². The molecule has 1 nitrogen and oxygen atoms in total. The molecule has 1 aromatic heterocycles. The van der Waals surface area contributed by atoms with Crippen LogP contribution in [-0.4, -0.2) is 4.98 Å². The predicted molar refractivity (Wildman–Crippen MR) is 107 cm³/mol. The second-order valence-electron chi connectivity index (χ2n) is 7.21. The summed E-state index contributed by atoms with van der Waals surface area (Å²) in [6, 6.07) is 4.58. The zero-order valence-corrected chi connectivity index (χ0v) is 16.6. The molecular formula is C23H40N. The fourth-order valence-corrected chi connectivity index (χ4v) is 3.27. The summed E-state index contributed by atoms with van der Waals surface area (Å²) >= 11 is 0. The molecule has 0 unspecified atom stereocenters. The minimum Gasteiger partial charge on any atom is -0.258 e. The van der Waals surface area contributed by atoms with E-state index in [0.717, 1.165) is 12.8 Å². The molecule has 0 saturated carbocycles. The van der Waals surface area contributed by atoms with Crippen LogP contribution in [0.5, 0.6) is 0 Å². The average Bonchev–Trinajstić information content (AvgIpc) is 2.61. The minimum atomic E-state index is 1.15. The Balaban J connectivity index is 2.34. The lowest BCUT2D eigenvalue weighted by atomic mass is 10.0. The first-order valence-corrected chi connectivity index (χ1v) is 10.6. The van der Waals surface area contributed by atoms with E-state index in [0.29, 0.717) is 0 Å². The first-order chi connectivity index (χ1) is 11.8. The van der Waals surface area contributed by atoms with Gasteiger partial charge in [0.1, 0.15) is 0 Å². The van der Waals surface area contributed by atoms with Gasteiger partial charge in [-0.3, -0.25) is 4.98 Å². The fraction of sp³-hybridized carbons (Fsp3) is 0.739. The fourth-order valence-electron chi connectivity index (χ4n) is 3.27. The van der Waals surface area contributed by atoms with E-state index in [4.69, 9.17) is 4.98 Å². The van der Waals surface area contributed by atoms with Crippen LogP contribution in [0.15, 0.2) is 12.1 Å². The molecule has 0 aliphatic carbocycles. The van der Waals surface area contributed by atoms with E-state index in [1.165, 1.54) is 94.0 Å². The Morgan fingerprint density at radius 3 is 1.50 bits per heavy atom. The molecule has 0 amide bonds. The van der Waals surface area contributed by atoms with Crippen molar-refractivity contribution in [2.45, 2.75) is 111 Å². The van der Waals surface area contributed by atoms with Crippen molar-refractivity contribution >= 4 is 0 Å². The van der Waals surface area contributed by atoms with Gasteiger partial charge >= 0.3 is 0 Å². The molecule has 0 saturated heterocycles. The Hall–Kier alpha value is -0.850. The number of aromatic nitrogens is 1. The Bertz CT molecular complexity index is 376. The van der Waals surface area contributed by atoms with Crippen molar-refractivity contribution in [1.29, 1.82) is 0 Å². The smallest absolute Gasteiger partial charge is 0.0409 e. The Morgan fingerprint density at radius 2 is 1.08 bits per heavy atom. The number of pyridine rings is 1. The number of unbranched alkanes of at least 4 members (excludes halogenated alkanes) is 10. The lowest BCUT2D eigenvalue weighted by Gasteiger charge is -2.08. The highest BCUT2D eigenvalue weighted by Crippen LogP contribution is 2.15. The quantitative estimate of drug-likeness (QED) is 0.304. The van der Waals surface area contributed by atoms with Crippen LogP contribution in [-0.2, 0) is 12.8 Å². The topological polar surface area (TPSA) is 12.9 Å². The van der Waals surface area contributed by atoms with E-state index in [1.807, 2.05) is 0 Å². The third-order valence-corrected chi connectivity index (χ3v) is 4.86. The molecule has 0 fully saturated rings. The minimum absolute atomic E-state index is 1.15. The standard InChI is InChI=1S/C23H40N/c1-4-7-9-11-13-15-17-22-19-21(6-3)20-23(24-22)18-16-14-12-10-8-5-2/h6,19-20H,4-5,7-18H2,1-3H3. The maximum Gasteiger partial charge on any atom is 0.0409 e. The predicted octanol–water partition coefficient (Wildman–Crippen LogP) is 7.46. The first-order valence-electron chi connectivity index (χ1n) is 10.6. The lowest BCUT2D eigenvalue weighted by Crippen LogP contribution is -1.99. The van der Waals surface area contributed by atoms with Crippen molar-refractivity contribution in [3.8, 4) is 0 Å². The second kappa shape index (κ2) is 14.5. The summed E-state index contributed by atoms with van der Waals surface area (Å²) in [7, 11) is 0. The van der Waals surface area contributed by atoms with Gasteiger partial charge < -0.3 is 0 Å². The van der Waals surface area contributed by atoms with Gasteiger partial charge in [0.2, 0.25) is 0 Å². The van der Waals surface area contributed by atoms with Gasteiger partial charge in [-0.15, -0.1) is 0 Å². The summed E-state index contributed by atoms with van der Waals surface area (Å²) < 4.78 is 0. The van der Waals surface area contributed by atoms with E-state index in [2.05, 4.69) is 39.3 Å². The molecule has 0 spiro atoms. The summed E-state index contributed by atoms with van der Waals surface area (Å²) in [6.45, 7) is 6.70. The van der Waals surface area contributed by atoms with Gasteiger partial charge in [0.05, 0.1) is 0 Å². The molecule has 1 heterocycles. The van der Waals surface area contributed by atoms with Crippen molar-refractivity contribution in [3.05, 3.63) is 35.5 Å². The van der Waals surface area contributed by atoms with Crippen molar-refractivity contribution in [3.63, 3.8) is 0 Å². The zero-order chi connectivity index (χ0) is 17.5. The van der Waals surface area contributed by atoms with Crippen LogP contribution in [0.3, 0.4) is 0 Å². The van der Waals surface area contributed by atoms with Crippen molar-refractivity contribution in [2.75, 3.05) is 0 Å². The second-order valence-corrected chi connectivity index (χ2v) is 7.21. The van der Waals surface area contributed by atoms with Gasteiger partial charge in [-0.2, -0.15) is 0 Å². The highest BCUT2D eigenvalue weighted by Gasteiger charge is 2.03. The normalized spacial score (nSPS) is 11.1. The molecule has 1 heteroatoms. The molecular weight excluding hydrogens is 290 g/mol. The average molecular weight is 331 g/mol. The summed E-state index contributed by atoms with van der Waals surface area (Å²) in [6.07, 6.45) is 20.8. The molecule has 0 N–H and O–H groups in total. The zero-order valence-electron chi connectivity index (χ0n) is 16.6. The molecule has 137 valence electrons.